The summed E-state index contributed by atoms with van der Waals surface area (Å²) < 4.78 is 27.2. The minimum absolute atomic E-state index is 0.0594. The first-order valence-corrected chi connectivity index (χ1v) is 11.5. The van der Waals surface area contributed by atoms with Gasteiger partial charge in [-0.3, -0.25) is 9.59 Å². The number of nitrogens with one attached hydrogen (secondary N) is 2. The van der Waals surface area contributed by atoms with Gasteiger partial charge in [0, 0.05) is 24.7 Å². The molecule has 1 aliphatic rings. The predicted molar refractivity (Wildman–Crippen MR) is 116 cm³/mol. The van der Waals surface area contributed by atoms with E-state index in [4.69, 9.17) is 11.6 Å². The molecule has 0 aromatic heterocycles. The van der Waals surface area contributed by atoms with Crippen LogP contribution in [0.3, 0.4) is 0 Å². The Balaban J connectivity index is 1.88. The smallest absolute Gasteiger partial charge is 0.255 e. The number of carbonyl (C=O) groups is 2. The number of nitrogens with zero attached hydrogens (tertiary/aromatic N) is 1. The largest absolute Gasteiger partial charge is 0.350 e. The van der Waals surface area contributed by atoms with E-state index in [-0.39, 0.29) is 27.4 Å². The van der Waals surface area contributed by atoms with Crippen molar-refractivity contribution >= 4 is 39.1 Å². The van der Waals surface area contributed by atoms with Crippen molar-refractivity contribution in [2.24, 2.45) is 0 Å². The molecule has 9 heteroatoms. The Morgan fingerprint density at radius 3 is 2.37 bits per heavy atom. The maximum absolute atomic E-state index is 12.9. The number of halogens is 1. The first kappa shape index (κ1) is 22.3. The second kappa shape index (κ2) is 9.16. The predicted octanol–water partition coefficient (Wildman–Crippen LogP) is 3.52. The fraction of sp³-hybridized carbons (Fsp3) is 0.333. The van der Waals surface area contributed by atoms with Crippen LogP contribution in [0, 0.1) is 0 Å². The standard InChI is InChI=1S/C21H24ClN3O4S/c1-14(2)23-21(27)16-7-3-4-8-18(16)24-20(26)15-9-10-17(22)19(13-15)30(28,29)25-11-5-6-12-25/h3-4,7-10,13-14H,5-6,11-12H2,1-2H3,(H,23,27)(H,24,26). The monoisotopic (exact) mass is 449 g/mol. The molecule has 2 amide bonds. The van der Waals surface area contributed by atoms with E-state index in [1.54, 1.807) is 24.3 Å². The first-order chi connectivity index (χ1) is 14.2. The molecule has 0 aliphatic carbocycles. The van der Waals surface area contributed by atoms with Gasteiger partial charge in [0.25, 0.3) is 11.8 Å². The number of carbonyl (C=O) groups excluding carboxylic acids is 2. The van der Waals surface area contributed by atoms with E-state index >= 15 is 0 Å². The van der Waals surface area contributed by atoms with Crippen LogP contribution < -0.4 is 10.6 Å². The molecule has 160 valence electrons. The number of amides is 2. The molecule has 0 saturated carbocycles. The highest BCUT2D eigenvalue weighted by molar-refractivity contribution is 7.89. The minimum atomic E-state index is -3.78. The fourth-order valence-electron chi connectivity index (χ4n) is 3.23. The Morgan fingerprint density at radius 1 is 1.03 bits per heavy atom. The number of sulfonamides is 1. The molecule has 1 fully saturated rings. The van der Waals surface area contributed by atoms with E-state index < -0.39 is 15.9 Å². The Hall–Kier alpha value is -2.42. The molecule has 2 aromatic carbocycles. The number of hydrogen-bond donors (Lipinski definition) is 2. The number of anilines is 1. The molecule has 30 heavy (non-hydrogen) atoms. The molecule has 1 heterocycles. The van der Waals surface area contributed by atoms with Gasteiger partial charge in [-0.05, 0) is 57.0 Å². The summed E-state index contributed by atoms with van der Waals surface area (Å²) >= 11 is 6.15. The summed E-state index contributed by atoms with van der Waals surface area (Å²) in [5.74, 6) is -0.844. The lowest BCUT2D eigenvalue weighted by atomic mass is 10.1. The van der Waals surface area contributed by atoms with Crippen LogP contribution in [-0.2, 0) is 10.0 Å². The SMILES string of the molecule is CC(C)NC(=O)c1ccccc1NC(=O)c1ccc(Cl)c(S(=O)(=O)N2CCCC2)c1. The molecule has 0 radical (unpaired) electrons. The van der Waals surface area contributed by atoms with Crippen molar-refractivity contribution in [1.29, 1.82) is 0 Å². The molecule has 1 saturated heterocycles. The van der Waals surface area contributed by atoms with Crippen molar-refractivity contribution in [3.8, 4) is 0 Å². The molecule has 7 nitrogen and oxygen atoms in total. The molecule has 0 bridgehead atoms. The highest BCUT2D eigenvalue weighted by atomic mass is 35.5. The van der Waals surface area contributed by atoms with Gasteiger partial charge < -0.3 is 10.6 Å². The molecular formula is C21H24ClN3O4S. The average molecular weight is 450 g/mol. The van der Waals surface area contributed by atoms with Gasteiger partial charge in [0.2, 0.25) is 10.0 Å². The van der Waals surface area contributed by atoms with Gasteiger partial charge in [0.1, 0.15) is 4.90 Å². The zero-order chi connectivity index (χ0) is 21.9. The number of benzene rings is 2. The van der Waals surface area contributed by atoms with Gasteiger partial charge >= 0.3 is 0 Å². The van der Waals surface area contributed by atoms with Crippen LogP contribution in [-0.4, -0.2) is 43.7 Å². The Kier molecular flexibility index (Phi) is 6.80. The quantitative estimate of drug-likeness (QED) is 0.705. The van der Waals surface area contributed by atoms with Crippen molar-refractivity contribution in [3.63, 3.8) is 0 Å². The Bertz CT molecular complexity index is 1060. The highest BCUT2D eigenvalue weighted by Gasteiger charge is 2.30. The Labute approximate surface area is 181 Å². The fourth-order valence-corrected chi connectivity index (χ4v) is 5.25. The summed E-state index contributed by atoms with van der Waals surface area (Å²) in [6.45, 7) is 4.56. The zero-order valence-corrected chi connectivity index (χ0v) is 18.4. The van der Waals surface area contributed by atoms with Crippen LogP contribution in [0.25, 0.3) is 0 Å². The second-order valence-corrected chi connectivity index (χ2v) is 9.70. The summed E-state index contributed by atoms with van der Waals surface area (Å²) in [6.07, 6.45) is 1.60. The third-order valence-electron chi connectivity index (χ3n) is 4.72. The van der Waals surface area contributed by atoms with Crippen LogP contribution in [0.1, 0.15) is 47.4 Å². The third-order valence-corrected chi connectivity index (χ3v) is 7.10. The van der Waals surface area contributed by atoms with Crippen LogP contribution in [0.2, 0.25) is 5.02 Å². The zero-order valence-electron chi connectivity index (χ0n) is 16.8. The van der Waals surface area contributed by atoms with Gasteiger partial charge in [-0.15, -0.1) is 0 Å². The molecule has 0 spiro atoms. The van der Waals surface area contributed by atoms with Crippen molar-refractivity contribution in [1.82, 2.24) is 9.62 Å². The van der Waals surface area contributed by atoms with Gasteiger partial charge in [0.15, 0.2) is 0 Å². The summed E-state index contributed by atoms with van der Waals surface area (Å²) in [5, 5.41) is 5.55. The lowest BCUT2D eigenvalue weighted by Gasteiger charge is -2.17. The molecule has 3 rings (SSSR count). The van der Waals surface area contributed by atoms with Gasteiger partial charge in [-0.2, -0.15) is 4.31 Å². The van der Waals surface area contributed by atoms with E-state index in [9.17, 15) is 18.0 Å². The molecule has 0 atom stereocenters. The molecule has 2 N–H and O–H groups in total. The number of para-hydroxylation sites is 1. The maximum Gasteiger partial charge on any atom is 0.255 e. The molecule has 1 aliphatic heterocycles. The first-order valence-electron chi connectivity index (χ1n) is 9.71. The van der Waals surface area contributed by atoms with Gasteiger partial charge in [-0.1, -0.05) is 23.7 Å². The van der Waals surface area contributed by atoms with Crippen molar-refractivity contribution in [2.75, 3.05) is 18.4 Å². The summed E-state index contributed by atoms with van der Waals surface area (Å²) in [4.78, 5) is 25.1. The van der Waals surface area contributed by atoms with E-state index in [0.29, 0.717) is 24.3 Å². The lowest BCUT2D eigenvalue weighted by Crippen LogP contribution is -2.31. The number of hydrogen-bond acceptors (Lipinski definition) is 4. The van der Waals surface area contributed by atoms with E-state index in [2.05, 4.69) is 10.6 Å². The highest BCUT2D eigenvalue weighted by Crippen LogP contribution is 2.28. The van der Waals surface area contributed by atoms with E-state index in [1.165, 1.54) is 22.5 Å². The van der Waals surface area contributed by atoms with Crippen LogP contribution in [0.15, 0.2) is 47.4 Å². The van der Waals surface area contributed by atoms with Gasteiger partial charge in [0.05, 0.1) is 16.3 Å². The van der Waals surface area contributed by atoms with Crippen LogP contribution in [0.4, 0.5) is 5.69 Å². The molecule has 2 aromatic rings. The van der Waals surface area contributed by atoms with Crippen molar-refractivity contribution in [2.45, 2.75) is 37.6 Å². The van der Waals surface area contributed by atoms with Crippen LogP contribution >= 0.6 is 11.6 Å². The van der Waals surface area contributed by atoms with E-state index in [0.717, 1.165) is 12.8 Å². The van der Waals surface area contributed by atoms with Gasteiger partial charge in [-0.25, -0.2) is 8.42 Å². The van der Waals surface area contributed by atoms with E-state index in [1.807, 2.05) is 13.8 Å². The van der Waals surface area contributed by atoms with Crippen molar-refractivity contribution in [3.05, 3.63) is 58.6 Å². The van der Waals surface area contributed by atoms with Crippen molar-refractivity contribution < 1.29 is 18.0 Å². The molecular weight excluding hydrogens is 426 g/mol. The topological polar surface area (TPSA) is 95.6 Å². The minimum Gasteiger partial charge on any atom is -0.350 e. The maximum atomic E-state index is 12.9. The number of rotatable bonds is 6. The summed E-state index contributed by atoms with van der Waals surface area (Å²) in [6, 6.07) is 10.7. The normalized spacial score (nSPS) is 14.7. The Morgan fingerprint density at radius 2 is 1.70 bits per heavy atom. The second-order valence-electron chi connectivity index (χ2n) is 7.38. The summed E-state index contributed by atoms with van der Waals surface area (Å²) in [5.41, 5.74) is 0.786. The summed E-state index contributed by atoms with van der Waals surface area (Å²) in [7, 11) is -3.78. The lowest BCUT2D eigenvalue weighted by molar-refractivity contribution is 0.0944. The molecule has 0 unspecified atom stereocenters. The third kappa shape index (κ3) is 4.83. The van der Waals surface area contributed by atoms with Crippen LogP contribution in [0.5, 0.6) is 0 Å². The average Bonchev–Trinajstić information content (AvgIpc) is 3.23.